The summed E-state index contributed by atoms with van der Waals surface area (Å²) in [7, 11) is -0.423. The molecule has 2 atom stereocenters. The Bertz CT molecular complexity index is 885. The van der Waals surface area contributed by atoms with Crippen molar-refractivity contribution in [2.75, 3.05) is 13.6 Å². The molecule has 7 nitrogen and oxygen atoms in total. The fraction of sp³-hybridized carbons (Fsp3) is 0.500. The van der Waals surface area contributed by atoms with Crippen molar-refractivity contribution in [3.63, 3.8) is 0 Å². The Kier molecular flexibility index (Phi) is 6.22. The van der Waals surface area contributed by atoms with E-state index in [4.69, 9.17) is 11.6 Å². The number of hydrogen-bond donors (Lipinski definition) is 2. The van der Waals surface area contributed by atoms with Crippen molar-refractivity contribution in [3.8, 4) is 0 Å². The Labute approximate surface area is 165 Å². The Morgan fingerprint density at radius 3 is 2.63 bits per heavy atom. The summed E-state index contributed by atoms with van der Waals surface area (Å²) in [6.07, 6.45) is 2.62. The van der Waals surface area contributed by atoms with E-state index < -0.39 is 10.0 Å². The summed E-state index contributed by atoms with van der Waals surface area (Å²) in [5, 5.41) is 4.25. The number of nitrogens with one attached hydrogen (secondary N) is 2. The number of halogens is 1. The maximum atomic E-state index is 12.8. The van der Waals surface area contributed by atoms with E-state index in [2.05, 4.69) is 28.1 Å². The van der Waals surface area contributed by atoms with Crippen LogP contribution in [0.5, 0.6) is 0 Å². The largest absolute Gasteiger partial charge is 0.255 e. The normalized spacial score (nSPS) is 20.5. The van der Waals surface area contributed by atoms with Gasteiger partial charge in [-0.15, -0.1) is 0 Å². The van der Waals surface area contributed by atoms with E-state index >= 15 is 0 Å². The van der Waals surface area contributed by atoms with Crippen LogP contribution in [0, 0.1) is 6.92 Å². The van der Waals surface area contributed by atoms with Crippen LogP contribution in [0.3, 0.4) is 0 Å². The van der Waals surface area contributed by atoms with Gasteiger partial charge in [-0.3, -0.25) is 15.5 Å². The van der Waals surface area contributed by atoms with Crippen LogP contribution < -0.4 is 10.9 Å². The van der Waals surface area contributed by atoms with Gasteiger partial charge in [-0.1, -0.05) is 41.9 Å². The number of nitrogens with zero attached hydrogens (tertiary/aromatic N) is 3. The van der Waals surface area contributed by atoms with Gasteiger partial charge in [-0.25, -0.2) is 12.7 Å². The van der Waals surface area contributed by atoms with Crippen LogP contribution in [0.25, 0.3) is 0 Å². The molecule has 1 saturated heterocycles. The molecule has 2 aromatic rings. The Morgan fingerprint density at radius 1 is 1.30 bits per heavy atom. The highest BCUT2D eigenvalue weighted by Crippen LogP contribution is 2.27. The van der Waals surface area contributed by atoms with Gasteiger partial charge in [-0.05, 0) is 31.7 Å². The predicted octanol–water partition coefficient (Wildman–Crippen LogP) is 2.39. The minimum absolute atomic E-state index is 0.0963. The number of aryl methyl sites for hydroxylation is 2. The summed E-state index contributed by atoms with van der Waals surface area (Å²) >= 11 is 6.13. The quantitative estimate of drug-likeness (QED) is 0.731. The average molecular weight is 412 g/mol. The second-order valence-corrected chi connectivity index (χ2v) is 9.32. The molecule has 0 amide bonds. The maximum Gasteiger partial charge on any atom is 0.247 e. The summed E-state index contributed by atoms with van der Waals surface area (Å²) in [4.78, 5) is 0.0963. The number of rotatable bonds is 7. The van der Waals surface area contributed by atoms with Crippen LogP contribution in [0.1, 0.15) is 36.6 Å². The van der Waals surface area contributed by atoms with Gasteiger partial charge in [0.1, 0.15) is 10.0 Å². The lowest BCUT2D eigenvalue weighted by molar-refractivity contribution is 0.428. The standard InChI is InChI=1S/C18H26ClN5O2S/c1-13-17(18(19)24(3)22-13)27(25,26)23(2)11-7-10-15-12-16(21-20-15)14-8-5-4-6-9-14/h4-6,8-9,15-16,20-21H,7,10-12H2,1-3H3. The van der Waals surface area contributed by atoms with Gasteiger partial charge in [0.05, 0.1) is 5.69 Å². The molecule has 2 heterocycles. The summed E-state index contributed by atoms with van der Waals surface area (Å²) < 4.78 is 28.4. The molecule has 148 valence electrons. The number of hydrogen-bond acceptors (Lipinski definition) is 5. The first-order valence-corrected chi connectivity index (χ1v) is 10.8. The summed E-state index contributed by atoms with van der Waals surface area (Å²) in [6.45, 7) is 2.09. The molecule has 1 aliphatic heterocycles. The molecular weight excluding hydrogens is 386 g/mol. The highest BCUT2D eigenvalue weighted by Gasteiger charge is 2.30. The molecule has 0 aliphatic carbocycles. The van der Waals surface area contributed by atoms with Gasteiger partial charge in [0, 0.05) is 32.7 Å². The van der Waals surface area contributed by atoms with Crippen LogP contribution in [0.4, 0.5) is 0 Å². The van der Waals surface area contributed by atoms with Gasteiger partial charge < -0.3 is 0 Å². The minimum atomic E-state index is -3.65. The Balaban J connectivity index is 1.53. The molecule has 9 heteroatoms. The van der Waals surface area contributed by atoms with Gasteiger partial charge >= 0.3 is 0 Å². The highest BCUT2D eigenvalue weighted by atomic mass is 35.5. The van der Waals surface area contributed by atoms with Crippen molar-refractivity contribution in [2.45, 2.75) is 43.2 Å². The minimum Gasteiger partial charge on any atom is -0.255 e. The molecule has 0 bridgehead atoms. The molecule has 0 radical (unpaired) electrons. The molecule has 1 aromatic heterocycles. The number of hydrazine groups is 1. The van der Waals surface area contributed by atoms with Crippen molar-refractivity contribution in [1.29, 1.82) is 0 Å². The van der Waals surface area contributed by atoms with Crippen molar-refractivity contribution in [2.24, 2.45) is 7.05 Å². The molecule has 0 saturated carbocycles. The second-order valence-electron chi connectivity index (χ2n) is 6.98. The van der Waals surface area contributed by atoms with Crippen molar-refractivity contribution in [1.82, 2.24) is 24.9 Å². The van der Waals surface area contributed by atoms with Crippen LogP contribution >= 0.6 is 11.6 Å². The van der Waals surface area contributed by atoms with Gasteiger partial charge in [0.2, 0.25) is 10.0 Å². The number of aromatic nitrogens is 2. The van der Waals surface area contributed by atoms with E-state index in [0.29, 0.717) is 18.3 Å². The van der Waals surface area contributed by atoms with E-state index in [1.165, 1.54) is 14.6 Å². The zero-order valence-electron chi connectivity index (χ0n) is 15.8. The van der Waals surface area contributed by atoms with Crippen LogP contribution in [-0.2, 0) is 17.1 Å². The third-order valence-corrected chi connectivity index (χ3v) is 7.53. The van der Waals surface area contributed by atoms with Crippen molar-refractivity contribution >= 4 is 21.6 Å². The molecular formula is C18H26ClN5O2S. The second kappa shape index (κ2) is 8.28. The van der Waals surface area contributed by atoms with E-state index in [1.807, 2.05) is 18.2 Å². The third-order valence-electron chi connectivity index (χ3n) is 4.98. The van der Waals surface area contributed by atoms with Gasteiger partial charge in [0.25, 0.3) is 0 Å². The first kappa shape index (κ1) is 20.3. The van der Waals surface area contributed by atoms with Crippen LogP contribution in [0.2, 0.25) is 5.15 Å². The molecule has 1 aromatic carbocycles. The summed E-state index contributed by atoms with van der Waals surface area (Å²) in [5.41, 5.74) is 8.32. The molecule has 1 fully saturated rings. The third kappa shape index (κ3) is 4.35. The molecule has 0 spiro atoms. The van der Waals surface area contributed by atoms with Gasteiger partial charge in [0.15, 0.2) is 0 Å². The lowest BCUT2D eigenvalue weighted by Gasteiger charge is -2.18. The lowest BCUT2D eigenvalue weighted by atomic mass is 10.00. The SMILES string of the molecule is Cc1nn(C)c(Cl)c1S(=O)(=O)N(C)CCCC1CC(c2ccccc2)NN1. The van der Waals surface area contributed by atoms with Crippen LogP contribution in [-0.4, -0.2) is 42.1 Å². The highest BCUT2D eigenvalue weighted by molar-refractivity contribution is 7.89. The monoisotopic (exact) mass is 411 g/mol. The zero-order chi connectivity index (χ0) is 19.6. The Morgan fingerprint density at radius 2 is 2.00 bits per heavy atom. The Hall–Kier alpha value is -1.45. The lowest BCUT2D eigenvalue weighted by Crippen LogP contribution is -2.32. The average Bonchev–Trinajstić information content (AvgIpc) is 3.20. The van der Waals surface area contributed by atoms with Gasteiger partial charge in [-0.2, -0.15) is 5.10 Å². The molecule has 1 aliphatic rings. The van der Waals surface area contributed by atoms with E-state index in [1.54, 1.807) is 21.0 Å². The molecule has 2 unspecified atom stereocenters. The van der Waals surface area contributed by atoms with E-state index in [-0.39, 0.29) is 16.1 Å². The van der Waals surface area contributed by atoms with Crippen molar-refractivity contribution < 1.29 is 8.42 Å². The van der Waals surface area contributed by atoms with Crippen molar-refractivity contribution in [3.05, 3.63) is 46.7 Å². The predicted molar refractivity (Wildman–Crippen MR) is 106 cm³/mol. The van der Waals surface area contributed by atoms with E-state index in [9.17, 15) is 8.42 Å². The summed E-state index contributed by atoms with van der Waals surface area (Å²) in [6, 6.07) is 10.9. The molecule has 3 rings (SSSR count). The van der Waals surface area contributed by atoms with E-state index in [0.717, 1.165) is 19.3 Å². The smallest absolute Gasteiger partial charge is 0.247 e. The maximum absolute atomic E-state index is 12.8. The summed E-state index contributed by atoms with van der Waals surface area (Å²) in [5.74, 6) is 0. The zero-order valence-corrected chi connectivity index (χ0v) is 17.4. The first-order chi connectivity index (χ1) is 12.8. The fourth-order valence-electron chi connectivity index (χ4n) is 3.46. The first-order valence-electron chi connectivity index (χ1n) is 9.02. The molecule has 27 heavy (non-hydrogen) atoms. The van der Waals surface area contributed by atoms with Crippen LogP contribution in [0.15, 0.2) is 35.2 Å². The topological polar surface area (TPSA) is 79.3 Å². The number of benzene rings is 1. The number of sulfonamides is 1. The fourth-order valence-corrected chi connectivity index (χ4v) is 5.36. The molecule has 2 N–H and O–H groups in total.